The van der Waals surface area contributed by atoms with Crippen LogP contribution in [-0.2, 0) is 0 Å². The zero-order chi connectivity index (χ0) is 14.8. The molecule has 1 aromatic rings. The summed E-state index contributed by atoms with van der Waals surface area (Å²) in [6.45, 7) is 2.81. The number of hydrogen-bond donors (Lipinski definition) is 1. The van der Waals surface area contributed by atoms with Gasteiger partial charge in [0.05, 0.1) is 6.61 Å². The molecule has 0 spiro atoms. The Balaban J connectivity index is 2.27. The number of halogens is 1. The van der Waals surface area contributed by atoms with E-state index >= 15 is 0 Å². The van der Waals surface area contributed by atoms with E-state index < -0.39 is 5.97 Å². The fourth-order valence-corrected chi connectivity index (χ4v) is 2.53. The van der Waals surface area contributed by atoms with E-state index in [0.717, 1.165) is 16.4 Å². The van der Waals surface area contributed by atoms with E-state index in [4.69, 9.17) is 9.84 Å². The molecule has 0 unspecified atom stereocenters. The fraction of sp³-hybridized carbons (Fsp3) is 0.562. The van der Waals surface area contributed by atoms with Crippen LogP contribution in [0.1, 0.15) is 62.2 Å². The number of aromatic carboxylic acids is 1. The number of carboxylic acids is 1. The van der Waals surface area contributed by atoms with E-state index in [2.05, 4.69) is 29.5 Å². The Hall–Kier alpha value is -0.780. The first-order valence-corrected chi connectivity index (χ1v) is 8.38. The Morgan fingerprint density at radius 2 is 1.80 bits per heavy atom. The summed E-state index contributed by atoms with van der Waals surface area (Å²) in [5, 5.41) is 9.13. The van der Waals surface area contributed by atoms with Crippen LogP contribution in [0.15, 0.2) is 18.2 Å². The fourth-order valence-electron chi connectivity index (χ4n) is 2.04. The molecule has 0 radical (unpaired) electrons. The Bertz CT molecular complexity index is 418. The van der Waals surface area contributed by atoms with Gasteiger partial charge < -0.3 is 9.84 Å². The lowest BCUT2D eigenvalue weighted by atomic mass is 10.1. The van der Waals surface area contributed by atoms with Crippen molar-refractivity contribution < 1.29 is 14.6 Å². The molecule has 0 amide bonds. The maximum Gasteiger partial charge on any atom is 0.339 e. The molecule has 1 rings (SSSR count). The molecule has 1 N–H and O–H groups in total. The van der Waals surface area contributed by atoms with Gasteiger partial charge in [0.1, 0.15) is 11.3 Å². The standard InChI is InChI=1S/C16H23IO3/c1-2-3-4-5-6-7-8-11-20-15-10-9-13(17)12-14(15)16(18)19/h9-10,12H,2-8,11H2,1H3,(H,18,19). The molecule has 3 nitrogen and oxygen atoms in total. The van der Waals surface area contributed by atoms with Crippen LogP contribution in [-0.4, -0.2) is 17.7 Å². The third-order valence-electron chi connectivity index (χ3n) is 3.18. The predicted octanol–water partition coefficient (Wildman–Crippen LogP) is 5.12. The van der Waals surface area contributed by atoms with Crippen LogP contribution in [0.5, 0.6) is 5.75 Å². The highest BCUT2D eigenvalue weighted by Gasteiger charge is 2.11. The van der Waals surface area contributed by atoms with Crippen molar-refractivity contribution in [3.8, 4) is 5.75 Å². The van der Waals surface area contributed by atoms with Crippen molar-refractivity contribution in [2.75, 3.05) is 6.61 Å². The van der Waals surface area contributed by atoms with Crippen molar-refractivity contribution in [3.05, 3.63) is 27.3 Å². The highest BCUT2D eigenvalue weighted by Crippen LogP contribution is 2.21. The molecule has 0 aliphatic heterocycles. The second kappa shape index (κ2) is 10.0. The highest BCUT2D eigenvalue weighted by molar-refractivity contribution is 14.1. The first-order valence-electron chi connectivity index (χ1n) is 7.30. The molecule has 0 saturated heterocycles. The Morgan fingerprint density at radius 1 is 1.15 bits per heavy atom. The third-order valence-corrected chi connectivity index (χ3v) is 3.85. The summed E-state index contributed by atoms with van der Waals surface area (Å²) in [6.07, 6.45) is 8.57. The summed E-state index contributed by atoms with van der Waals surface area (Å²) in [6, 6.07) is 5.25. The Labute approximate surface area is 134 Å². The summed E-state index contributed by atoms with van der Waals surface area (Å²) in [5.41, 5.74) is 0.250. The molecule has 0 aliphatic rings. The van der Waals surface area contributed by atoms with Gasteiger partial charge in [0.15, 0.2) is 0 Å². The van der Waals surface area contributed by atoms with Gasteiger partial charge in [-0.1, -0.05) is 45.4 Å². The van der Waals surface area contributed by atoms with Crippen LogP contribution >= 0.6 is 22.6 Å². The lowest BCUT2D eigenvalue weighted by Gasteiger charge is -2.09. The SMILES string of the molecule is CCCCCCCCCOc1ccc(I)cc1C(=O)O. The van der Waals surface area contributed by atoms with Crippen LogP contribution in [0, 0.1) is 3.57 Å². The van der Waals surface area contributed by atoms with Crippen LogP contribution in [0.4, 0.5) is 0 Å². The van der Waals surface area contributed by atoms with E-state index in [9.17, 15) is 4.79 Å². The monoisotopic (exact) mass is 390 g/mol. The number of hydrogen-bond acceptors (Lipinski definition) is 2. The molecule has 112 valence electrons. The summed E-state index contributed by atoms with van der Waals surface area (Å²) in [4.78, 5) is 11.1. The first-order chi connectivity index (χ1) is 9.65. The second-order valence-corrected chi connectivity index (χ2v) is 6.16. The number of unbranched alkanes of at least 4 members (excludes halogenated alkanes) is 6. The average molecular weight is 390 g/mol. The Kier molecular flexibility index (Phi) is 8.65. The van der Waals surface area contributed by atoms with Gasteiger partial charge in [-0.25, -0.2) is 4.79 Å². The largest absolute Gasteiger partial charge is 0.493 e. The van der Waals surface area contributed by atoms with E-state index in [1.54, 1.807) is 12.1 Å². The molecule has 0 bridgehead atoms. The van der Waals surface area contributed by atoms with Crippen molar-refractivity contribution in [1.82, 2.24) is 0 Å². The quantitative estimate of drug-likeness (QED) is 0.446. The van der Waals surface area contributed by atoms with E-state index in [0.29, 0.717) is 12.4 Å². The molecule has 0 saturated carbocycles. The zero-order valence-electron chi connectivity index (χ0n) is 12.0. The van der Waals surface area contributed by atoms with Crippen LogP contribution in [0.3, 0.4) is 0 Å². The van der Waals surface area contributed by atoms with Crippen molar-refractivity contribution in [1.29, 1.82) is 0 Å². The minimum Gasteiger partial charge on any atom is -0.493 e. The number of carbonyl (C=O) groups is 1. The van der Waals surface area contributed by atoms with Crippen LogP contribution in [0.2, 0.25) is 0 Å². The summed E-state index contributed by atoms with van der Waals surface area (Å²) in [5.74, 6) is -0.456. The van der Waals surface area contributed by atoms with Gasteiger partial charge in [0, 0.05) is 3.57 Å². The van der Waals surface area contributed by atoms with Crippen molar-refractivity contribution in [3.63, 3.8) is 0 Å². The summed E-state index contributed by atoms with van der Waals surface area (Å²) < 4.78 is 6.50. The molecule has 0 heterocycles. The van der Waals surface area contributed by atoms with Gasteiger partial charge in [0.25, 0.3) is 0 Å². The highest BCUT2D eigenvalue weighted by atomic mass is 127. The van der Waals surface area contributed by atoms with Crippen molar-refractivity contribution >= 4 is 28.6 Å². The summed E-state index contributed by atoms with van der Waals surface area (Å²) >= 11 is 2.10. The number of rotatable bonds is 10. The van der Waals surface area contributed by atoms with Crippen molar-refractivity contribution in [2.24, 2.45) is 0 Å². The molecule has 4 heteroatoms. The Morgan fingerprint density at radius 3 is 2.45 bits per heavy atom. The predicted molar refractivity (Wildman–Crippen MR) is 89.6 cm³/mol. The molecule has 0 aliphatic carbocycles. The van der Waals surface area contributed by atoms with E-state index in [-0.39, 0.29) is 5.56 Å². The topological polar surface area (TPSA) is 46.5 Å². The summed E-state index contributed by atoms with van der Waals surface area (Å²) in [7, 11) is 0. The first kappa shape index (κ1) is 17.3. The van der Waals surface area contributed by atoms with Gasteiger partial charge in [-0.15, -0.1) is 0 Å². The maximum absolute atomic E-state index is 11.1. The maximum atomic E-state index is 11.1. The van der Waals surface area contributed by atoms with Gasteiger partial charge >= 0.3 is 5.97 Å². The lowest BCUT2D eigenvalue weighted by molar-refractivity contribution is 0.0692. The zero-order valence-corrected chi connectivity index (χ0v) is 14.2. The van der Waals surface area contributed by atoms with Gasteiger partial charge in [-0.05, 0) is 47.2 Å². The van der Waals surface area contributed by atoms with E-state index in [1.165, 1.54) is 32.1 Å². The van der Waals surface area contributed by atoms with Gasteiger partial charge in [-0.2, -0.15) is 0 Å². The average Bonchev–Trinajstić information content (AvgIpc) is 2.43. The number of benzene rings is 1. The van der Waals surface area contributed by atoms with E-state index in [1.807, 2.05) is 6.07 Å². The molecule has 20 heavy (non-hydrogen) atoms. The van der Waals surface area contributed by atoms with Gasteiger partial charge in [-0.3, -0.25) is 0 Å². The van der Waals surface area contributed by atoms with Crippen LogP contribution in [0.25, 0.3) is 0 Å². The normalized spacial score (nSPS) is 10.5. The third kappa shape index (κ3) is 6.59. The smallest absolute Gasteiger partial charge is 0.339 e. The number of ether oxygens (including phenoxy) is 1. The minimum absolute atomic E-state index is 0.250. The molecule has 0 atom stereocenters. The molecular formula is C16H23IO3. The second-order valence-electron chi connectivity index (χ2n) is 4.92. The molecule has 0 aromatic heterocycles. The molecule has 1 aromatic carbocycles. The van der Waals surface area contributed by atoms with Crippen LogP contribution < -0.4 is 4.74 Å². The molecule has 0 fully saturated rings. The lowest BCUT2D eigenvalue weighted by Crippen LogP contribution is -2.05. The minimum atomic E-state index is -0.932. The van der Waals surface area contributed by atoms with Gasteiger partial charge in [0.2, 0.25) is 0 Å². The number of carboxylic acid groups (broad SMARTS) is 1. The van der Waals surface area contributed by atoms with Crippen molar-refractivity contribution in [2.45, 2.75) is 51.9 Å². The molecular weight excluding hydrogens is 367 g/mol.